The highest BCUT2D eigenvalue weighted by molar-refractivity contribution is 9.10. The van der Waals surface area contributed by atoms with Crippen molar-refractivity contribution >= 4 is 27.5 Å². The molecule has 2 aromatic rings. The number of methoxy groups -OCH3 is 1. The van der Waals surface area contributed by atoms with Crippen molar-refractivity contribution in [2.45, 2.75) is 19.4 Å². The topological polar surface area (TPSA) is 21.3 Å². The maximum absolute atomic E-state index is 6.16. The zero-order chi connectivity index (χ0) is 15.4. The van der Waals surface area contributed by atoms with Crippen LogP contribution in [0.4, 0.5) is 0 Å². The zero-order valence-electron chi connectivity index (χ0n) is 12.4. The van der Waals surface area contributed by atoms with Crippen molar-refractivity contribution < 1.29 is 4.74 Å². The first-order valence-electron chi connectivity index (χ1n) is 6.80. The molecule has 0 amide bonds. The van der Waals surface area contributed by atoms with Crippen LogP contribution in [-0.4, -0.2) is 14.2 Å². The summed E-state index contributed by atoms with van der Waals surface area (Å²) < 4.78 is 6.45. The van der Waals surface area contributed by atoms with E-state index < -0.39 is 0 Å². The summed E-state index contributed by atoms with van der Waals surface area (Å²) in [7, 11) is 3.67. The Morgan fingerprint density at radius 2 is 2.00 bits per heavy atom. The summed E-state index contributed by atoms with van der Waals surface area (Å²) >= 11 is 9.65. The molecule has 2 rings (SSSR count). The van der Waals surface area contributed by atoms with E-state index in [-0.39, 0.29) is 6.04 Å². The molecule has 0 aliphatic carbocycles. The zero-order valence-corrected chi connectivity index (χ0v) is 14.8. The average molecular weight is 369 g/mol. The van der Waals surface area contributed by atoms with Crippen LogP contribution in [0.25, 0.3) is 0 Å². The van der Waals surface area contributed by atoms with Crippen LogP contribution in [0.3, 0.4) is 0 Å². The fourth-order valence-electron chi connectivity index (χ4n) is 2.45. The van der Waals surface area contributed by atoms with E-state index in [0.717, 1.165) is 27.2 Å². The van der Waals surface area contributed by atoms with Crippen molar-refractivity contribution in [1.29, 1.82) is 0 Å². The third-order valence-electron chi connectivity index (χ3n) is 3.50. The molecule has 0 radical (unpaired) electrons. The van der Waals surface area contributed by atoms with Gasteiger partial charge in [-0.1, -0.05) is 45.2 Å². The highest BCUT2D eigenvalue weighted by Crippen LogP contribution is 2.29. The maximum Gasteiger partial charge on any atom is 0.122 e. The number of rotatable bonds is 5. The quantitative estimate of drug-likeness (QED) is 0.808. The number of hydrogen-bond donors (Lipinski definition) is 1. The van der Waals surface area contributed by atoms with Crippen LogP contribution < -0.4 is 10.1 Å². The fraction of sp³-hybridized carbons (Fsp3) is 0.294. The smallest absolute Gasteiger partial charge is 0.122 e. The predicted octanol–water partition coefficient (Wildman–Crippen LogP) is 4.92. The Balaban J connectivity index is 2.32. The Kier molecular flexibility index (Phi) is 5.68. The average Bonchev–Trinajstić information content (AvgIpc) is 2.43. The lowest BCUT2D eigenvalue weighted by Gasteiger charge is -2.19. The van der Waals surface area contributed by atoms with Crippen molar-refractivity contribution in [3.8, 4) is 5.75 Å². The predicted molar refractivity (Wildman–Crippen MR) is 92.4 cm³/mol. The van der Waals surface area contributed by atoms with Gasteiger partial charge in [-0.25, -0.2) is 0 Å². The van der Waals surface area contributed by atoms with Crippen LogP contribution in [0.15, 0.2) is 40.9 Å². The maximum atomic E-state index is 6.16. The Bertz CT molecular complexity index is 610. The van der Waals surface area contributed by atoms with Crippen molar-refractivity contribution in [2.75, 3.05) is 14.2 Å². The molecule has 2 nitrogen and oxygen atoms in total. The molecule has 0 fully saturated rings. The molecule has 0 aromatic heterocycles. The number of ether oxygens (including phenoxy) is 1. The summed E-state index contributed by atoms with van der Waals surface area (Å²) in [6.45, 7) is 2.09. The fourth-order valence-corrected chi connectivity index (χ4v) is 3.34. The number of aryl methyl sites for hydroxylation is 1. The standard InChI is InChI=1S/C17H19BrClNO/c1-11-4-5-17(21-3)13(6-11)9-16(20-2)12-7-14(18)10-15(19)8-12/h4-8,10,16,20H,9H2,1-3H3. The molecular formula is C17H19BrClNO. The highest BCUT2D eigenvalue weighted by Gasteiger charge is 2.14. The van der Waals surface area contributed by atoms with Crippen molar-refractivity contribution in [2.24, 2.45) is 0 Å². The van der Waals surface area contributed by atoms with Gasteiger partial charge in [-0.15, -0.1) is 0 Å². The summed E-state index contributed by atoms with van der Waals surface area (Å²) in [6.07, 6.45) is 0.841. The van der Waals surface area contributed by atoms with E-state index in [1.807, 2.05) is 25.2 Å². The molecule has 1 atom stereocenters. The Morgan fingerprint density at radius 1 is 1.24 bits per heavy atom. The third-order valence-corrected chi connectivity index (χ3v) is 4.17. The van der Waals surface area contributed by atoms with Gasteiger partial charge >= 0.3 is 0 Å². The van der Waals surface area contributed by atoms with E-state index in [1.54, 1.807) is 7.11 Å². The summed E-state index contributed by atoms with van der Waals surface area (Å²) in [5.74, 6) is 0.918. The molecule has 0 saturated carbocycles. The number of benzene rings is 2. The largest absolute Gasteiger partial charge is 0.496 e. The van der Waals surface area contributed by atoms with Crippen LogP contribution in [0.2, 0.25) is 5.02 Å². The first kappa shape index (κ1) is 16.3. The number of likely N-dealkylation sites (N-methyl/N-ethyl adjacent to an activating group) is 1. The van der Waals surface area contributed by atoms with Crippen LogP contribution in [0.1, 0.15) is 22.7 Å². The molecule has 0 aliphatic heterocycles. The lowest BCUT2D eigenvalue weighted by molar-refractivity contribution is 0.406. The molecule has 1 unspecified atom stereocenters. The summed E-state index contributed by atoms with van der Waals surface area (Å²) in [6, 6.07) is 12.4. The SMILES string of the molecule is CNC(Cc1cc(C)ccc1OC)c1cc(Cl)cc(Br)c1. The van der Waals surface area contributed by atoms with Crippen molar-refractivity contribution in [3.63, 3.8) is 0 Å². The van der Waals surface area contributed by atoms with Gasteiger partial charge < -0.3 is 10.1 Å². The lowest BCUT2D eigenvalue weighted by atomic mass is 9.97. The van der Waals surface area contributed by atoms with Gasteiger partial charge in [-0.2, -0.15) is 0 Å². The Labute approximate surface area is 139 Å². The van der Waals surface area contributed by atoms with Gasteiger partial charge in [0.1, 0.15) is 5.75 Å². The lowest BCUT2D eigenvalue weighted by Crippen LogP contribution is -2.19. The second-order valence-corrected chi connectivity index (χ2v) is 6.42. The molecule has 0 saturated heterocycles. The monoisotopic (exact) mass is 367 g/mol. The molecule has 21 heavy (non-hydrogen) atoms. The van der Waals surface area contributed by atoms with Crippen LogP contribution in [-0.2, 0) is 6.42 Å². The van der Waals surface area contributed by atoms with Gasteiger partial charge in [0.15, 0.2) is 0 Å². The van der Waals surface area contributed by atoms with E-state index in [2.05, 4.69) is 46.4 Å². The summed E-state index contributed by atoms with van der Waals surface area (Å²) in [4.78, 5) is 0. The van der Waals surface area contributed by atoms with Gasteiger partial charge in [0.25, 0.3) is 0 Å². The van der Waals surface area contributed by atoms with E-state index in [4.69, 9.17) is 16.3 Å². The van der Waals surface area contributed by atoms with Gasteiger partial charge in [0, 0.05) is 15.5 Å². The van der Waals surface area contributed by atoms with Crippen molar-refractivity contribution in [3.05, 3.63) is 62.6 Å². The molecule has 2 aromatic carbocycles. The van der Waals surface area contributed by atoms with E-state index >= 15 is 0 Å². The second-order valence-electron chi connectivity index (χ2n) is 5.06. The molecule has 112 valence electrons. The third kappa shape index (κ3) is 4.22. The number of hydrogen-bond acceptors (Lipinski definition) is 2. The molecule has 0 bridgehead atoms. The molecular weight excluding hydrogens is 350 g/mol. The van der Waals surface area contributed by atoms with Gasteiger partial charge in [0.05, 0.1) is 7.11 Å². The number of halogens is 2. The Hall–Kier alpha value is -1.03. The minimum Gasteiger partial charge on any atom is -0.496 e. The molecule has 0 aliphatic rings. The summed E-state index contributed by atoms with van der Waals surface area (Å²) in [5.41, 5.74) is 3.57. The molecule has 1 N–H and O–H groups in total. The minimum absolute atomic E-state index is 0.177. The second kappa shape index (κ2) is 7.30. The molecule has 0 spiro atoms. The van der Waals surface area contributed by atoms with Crippen LogP contribution in [0, 0.1) is 6.92 Å². The van der Waals surface area contributed by atoms with E-state index in [1.165, 1.54) is 11.1 Å². The van der Waals surface area contributed by atoms with Crippen molar-refractivity contribution in [1.82, 2.24) is 5.32 Å². The van der Waals surface area contributed by atoms with Gasteiger partial charge in [-0.05, 0) is 55.8 Å². The van der Waals surface area contributed by atoms with E-state index in [9.17, 15) is 0 Å². The normalized spacial score (nSPS) is 12.2. The molecule has 0 heterocycles. The highest BCUT2D eigenvalue weighted by atomic mass is 79.9. The number of nitrogens with one attached hydrogen (secondary N) is 1. The minimum atomic E-state index is 0.177. The van der Waals surface area contributed by atoms with Crippen LogP contribution >= 0.6 is 27.5 Å². The van der Waals surface area contributed by atoms with Crippen LogP contribution in [0.5, 0.6) is 5.75 Å². The first-order valence-corrected chi connectivity index (χ1v) is 7.97. The first-order chi connectivity index (χ1) is 10.0. The summed E-state index contributed by atoms with van der Waals surface area (Å²) in [5, 5.41) is 4.09. The van der Waals surface area contributed by atoms with Gasteiger partial charge in [0.2, 0.25) is 0 Å². The van der Waals surface area contributed by atoms with E-state index in [0.29, 0.717) is 0 Å². The molecule has 4 heteroatoms. The Morgan fingerprint density at radius 3 is 2.62 bits per heavy atom. The van der Waals surface area contributed by atoms with Gasteiger partial charge in [-0.3, -0.25) is 0 Å².